The van der Waals surface area contributed by atoms with Gasteiger partial charge in [-0.05, 0) is 34.1 Å². The average molecular weight is 253 g/mol. The van der Waals surface area contributed by atoms with E-state index in [-0.39, 0.29) is 13.0 Å². The van der Waals surface area contributed by atoms with E-state index in [0.29, 0.717) is 0 Å². The first-order valence-electron chi connectivity index (χ1n) is 5.56. The Balaban J connectivity index is 3.93. The molecule has 2 unspecified atom stereocenters. The van der Waals surface area contributed by atoms with Gasteiger partial charge in [-0.25, -0.2) is 13.6 Å². The van der Waals surface area contributed by atoms with Crippen molar-refractivity contribution >= 4 is 6.09 Å². The SMILES string of the molecule is CC(O)C(CCNC(=O)OC(C)(C)C)C(F)F. The summed E-state index contributed by atoms with van der Waals surface area (Å²) in [7, 11) is 0. The van der Waals surface area contributed by atoms with Crippen molar-refractivity contribution in [3.05, 3.63) is 0 Å². The molecular weight excluding hydrogens is 232 g/mol. The fraction of sp³-hybridized carbons (Fsp3) is 0.909. The molecule has 17 heavy (non-hydrogen) atoms. The maximum absolute atomic E-state index is 12.4. The predicted molar refractivity (Wildman–Crippen MR) is 60.0 cm³/mol. The molecule has 0 aromatic rings. The third kappa shape index (κ3) is 7.90. The molecule has 0 rings (SSSR count). The fourth-order valence-electron chi connectivity index (χ4n) is 1.23. The molecule has 0 spiro atoms. The van der Waals surface area contributed by atoms with Crippen LogP contribution in [0.1, 0.15) is 34.1 Å². The molecular formula is C11H21F2NO3. The Hall–Kier alpha value is -0.910. The second-order valence-corrected chi connectivity index (χ2v) is 4.96. The number of amides is 1. The zero-order chi connectivity index (χ0) is 13.6. The summed E-state index contributed by atoms with van der Waals surface area (Å²) < 4.78 is 29.8. The third-order valence-corrected chi connectivity index (χ3v) is 2.09. The normalized spacial score (nSPS) is 15.5. The van der Waals surface area contributed by atoms with Gasteiger partial charge >= 0.3 is 6.09 Å². The highest BCUT2D eigenvalue weighted by Gasteiger charge is 2.25. The van der Waals surface area contributed by atoms with Crippen LogP contribution >= 0.6 is 0 Å². The van der Waals surface area contributed by atoms with Gasteiger partial charge in [-0.15, -0.1) is 0 Å². The summed E-state index contributed by atoms with van der Waals surface area (Å²) in [6, 6.07) is 0. The van der Waals surface area contributed by atoms with Gasteiger partial charge in [0.25, 0.3) is 0 Å². The van der Waals surface area contributed by atoms with E-state index in [1.165, 1.54) is 6.92 Å². The number of hydrogen-bond donors (Lipinski definition) is 2. The summed E-state index contributed by atoms with van der Waals surface area (Å²) >= 11 is 0. The molecule has 6 heteroatoms. The fourth-order valence-corrected chi connectivity index (χ4v) is 1.23. The van der Waals surface area contributed by atoms with Gasteiger partial charge in [0, 0.05) is 12.5 Å². The zero-order valence-electron chi connectivity index (χ0n) is 10.7. The van der Waals surface area contributed by atoms with Crippen LogP contribution in [-0.2, 0) is 4.74 Å². The van der Waals surface area contributed by atoms with Gasteiger partial charge in [-0.3, -0.25) is 0 Å². The van der Waals surface area contributed by atoms with E-state index < -0.39 is 30.1 Å². The second-order valence-electron chi connectivity index (χ2n) is 4.96. The third-order valence-electron chi connectivity index (χ3n) is 2.09. The Kier molecular flexibility index (Phi) is 6.37. The molecule has 0 radical (unpaired) electrons. The molecule has 0 aromatic carbocycles. The second kappa shape index (κ2) is 6.74. The summed E-state index contributed by atoms with van der Waals surface area (Å²) in [5, 5.41) is 11.5. The van der Waals surface area contributed by atoms with Gasteiger partial charge in [-0.2, -0.15) is 0 Å². The van der Waals surface area contributed by atoms with Crippen molar-refractivity contribution in [2.45, 2.75) is 52.2 Å². The van der Waals surface area contributed by atoms with E-state index in [4.69, 9.17) is 9.84 Å². The summed E-state index contributed by atoms with van der Waals surface area (Å²) in [6.45, 7) is 6.50. The van der Waals surface area contributed by atoms with Gasteiger partial charge in [-0.1, -0.05) is 0 Å². The van der Waals surface area contributed by atoms with Gasteiger partial charge in [0.2, 0.25) is 6.43 Å². The Morgan fingerprint density at radius 2 is 1.94 bits per heavy atom. The smallest absolute Gasteiger partial charge is 0.407 e. The lowest BCUT2D eigenvalue weighted by Gasteiger charge is -2.21. The van der Waals surface area contributed by atoms with Crippen LogP contribution in [0.25, 0.3) is 0 Å². The molecule has 0 aromatic heterocycles. The van der Waals surface area contributed by atoms with Crippen molar-refractivity contribution in [2.75, 3.05) is 6.54 Å². The average Bonchev–Trinajstić information content (AvgIpc) is 2.07. The lowest BCUT2D eigenvalue weighted by atomic mass is 10.0. The number of aliphatic hydroxyl groups is 1. The Morgan fingerprint density at radius 1 is 1.41 bits per heavy atom. The molecule has 0 aliphatic heterocycles. The lowest BCUT2D eigenvalue weighted by Crippen LogP contribution is -2.35. The van der Waals surface area contributed by atoms with E-state index in [2.05, 4.69) is 5.32 Å². The zero-order valence-corrected chi connectivity index (χ0v) is 10.7. The number of hydrogen-bond acceptors (Lipinski definition) is 3. The van der Waals surface area contributed by atoms with Crippen LogP contribution in [0, 0.1) is 5.92 Å². The van der Waals surface area contributed by atoms with Gasteiger partial charge in [0.15, 0.2) is 0 Å². The largest absolute Gasteiger partial charge is 0.444 e. The molecule has 2 N–H and O–H groups in total. The predicted octanol–water partition coefficient (Wildman–Crippen LogP) is 2.16. The number of aliphatic hydroxyl groups excluding tert-OH is 1. The number of alkyl halides is 2. The van der Waals surface area contributed by atoms with Crippen molar-refractivity contribution in [1.29, 1.82) is 0 Å². The molecule has 0 saturated carbocycles. The molecule has 0 aliphatic rings. The number of carbonyl (C=O) groups is 1. The van der Waals surface area contributed by atoms with E-state index in [9.17, 15) is 13.6 Å². The number of halogens is 2. The van der Waals surface area contributed by atoms with E-state index in [0.717, 1.165) is 0 Å². The minimum absolute atomic E-state index is 0.00851. The van der Waals surface area contributed by atoms with E-state index in [1.807, 2.05) is 0 Å². The first-order valence-corrected chi connectivity index (χ1v) is 5.56. The number of alkyl carbamates (subject to hydrolysis) is 1. The van der Waals surface area contributed by atoms with E-state index in [1.54, 1.807) is 20.8 Å². The standard InChI is InChI=1S/C11H21F2NO3/c1-7(15)8(9(12)13)5-6-14-10(16)17-11(2,3)4/h7-9,15H,5-6H2,1-4H3,(H,14,16). The van der Waals surface area contributed by atoms with Crippen molar-refractivity contribution in [2.24, 2.45) is 5.92 Å². The number of ether oxygens (including phenoxy) is 1. The van der Waals surface area contributed by atoms with Crippen LogP contribution in [0.2, 0.25) is 0 Å². The number of nitrogens with one attached hydrogen (secondary N) is 1. The molecule has 102 valence electrons. The first-order chi connectivity index (χ1) is 7.63. The van der Waals surface area contributed by atoms with Crippen molar-refractivity contribution in [3.8, 4) is 0 Å². The number of carbonyl (C=O) groups excluding carboxylic acids is 1. The van der Waals surface area contributed by atoms with Crippen LogP contribution in [-0.4, -0.2) is 35.9 Å². The van der Waals surface area contributed by atoms with Crippen molar-refractivity contribution in [1.82, 2.24) is 5.32 Å². The van der Waals surface area contributed by atoms with Crippen LogP contribution < -0.4 is 5.32 Å². The summed E-state index contributed by atoms with van der Waals surface area (Å²) in [5.41, 5.74) is -0.615. The number of rotatable bonds is 5. The topological polar surface area (TPSA) is 58.6 Å². The highest BCUT2D eigenvalue weighted by molar-refractivity contribution is 5.67. The first kappa shape index (κ1) is 16.1. The molecule has 0 fully saturated rings. The quantitative estimate of drug-likeness (QED) is 0.789. The van der Waals surface area contributed by atoms with Gasteiger partial charge in [0.05, 0.1) is 6.10 Å². The molecule has 1 amide bonds. The molecule has 2 atom stereocenters. The summed E-state index contributed by atoms with van der Waals surface area (Å²) in [5.74, 6) is -1.13. The van der Waals surface area contributed by atoms with Gasteiger partial charge < -0.3 is 15.2 Å². The highest BCUT2D eigenvalue weighted by atomic mass is 19.3. The van der Waals surface area contributed by atoms with Crippen LogP contribution in [0.4, 0.5) is 13.6 Å². The minimum atomic E-state index is -2.60. The lowest BCUT2D eigenvalue weighted by molar-refractivity contribution is -0.00436. The molecule has 4 nitrogen and oxygen atoms in total. The molecule has 0 aliphatic carbocycles. The Morgan fingerprint density at radius 3 is 2.29 bits per heavy atom. The van der Waals surface area contributed by atoms with E-state index >= 15 is 0 Å². The van der Waals surface area contributed by atoms with Crippen LogP contribution in [0.3, 0.4) is 0 Å². The monoisotopic (exact) mass is 253 g/mol. The molecule has 0 heterocycles. The maximum Gasteiger partial charge on any atom is 0.407 e. The molecule has 0 saturated heterocycles. The summed E-state index contributed by atoms with van der Waals surface area (Å²) in [6.07, 6.45) is -4.34. The maximum atomic E-state index is 12.4. The van der Waals surface area contributed by atoms with Crippen LogP contribution in [0.15, 0.2) is 0 Å². The Labute approximate surface area is 100 Å². The Bertz CT molecular complexity index is 231. The van der Waals surface area contributed by atoms with Gasteiger partial charge in [0.1, 0.15) is 5.60 Å². The van der Waals surface area contributed by atoms with Crippen LogP contribution in [0.5, 0.6) is 0 Å². The van der Waals surface area contributed by atoms with Crippen molar-refractivity contribution < 1.29 is 23.4 Å². The molecule has 0 bridgehead atoms. The van der Waals surface area contributed by atoms with Crippen molar-refractivity contribution in [3.63, 3.8) is 0 Å². The summed E-state index contributed by atoms with van der Waals surface area (Å²) in [4.78, 5) is 11.2. The minimum Gasteiger partial charge on any atom is -0.444 e. The highest BCUT2D eigenvalue weighted by Crippen LogP contribution is 2.17.